The summed E-state index contributed by atoms with van der Waals surface area (Å²) in [7, 11) is 1.31. The van der Waals surface area contributed by atoms with Crippen LogP contribution in [-0.2, 0) is 14.3 Å². The molecule has 1 rings (SSSR count). The Bertz CT molecular complexity index is 549. The second-order valence-electron chi connectivity index (χ2n) is 4.97. The monoisotopic (exact) mass is 294 g/mol. The maximum absolute atomic E-state index is 12.0. The molecular formula is C15H22N2O4. The number of hydrogen-bond acceptors (Lipinski definition) is 5. The van der Waals surface area contributed by atoms with Crippen LogP contribution < -0.4 is 5.56 Å². The number of aromatic nitrogens is 2. The van der Waals surface area contributed by atoms with Crippen molar-refractivity contribution in [1.29, 1.82) is 0 Å². The zero-order valence-corrected chi connectivity index (χ0v) is 12.9. The fraction of sp³-hybridized carbons (Fsp3) is 0.533. The normalized spacial score (nSPS) is 12.6. The summed E-state index contributed by atoms with van der Waals surface area (Å²) < 4.78 is 11.1. The van der Waals surface area contributed by atoms with E-state index in [4.69, 9.17) is 9.47 Å². The number of methoxy groups -OCH3 is 1. The summed E-state index contributed by atoms with van der Waals surface area (Å²) >= 11 is 0. The van der Waals surface area contributed by atoms with E-state index in [1.807, 2.05) is 20.8 Å². The first-order valence-electron chi connectivity index (χ1n) is 6.95. The number of nitrogens with zero attached hydrogens (tertiary/aromatic N) is 2. The van der Waals surface area contributed by atoms with Crippen molar-refractivity contribution in [2.24, 2.45) is 5.92 Å². The summed E-state index contributed by atoms with van der Waals surface area (Å²) in [5, 5.41) is 4.20. The predicted molar refractivity (Wildman–Crippen MR) is 79.7 cm³/mol. The highest BCUT2D eigenvalue weighted by molar-refractivity contribution is 5.73. The molecule has 0 unspecified atom stereocenters. The SMILES string of the molecule is CCO/C=C/c1ccc(=O)n([C@@H](CC(C)C)C(=O)OC)n1. The first-order valence-corrected chi connectivity index (χ1v) is 6.95. The minimum atomic E-state index is -0.719. The molecule has 1 heterocycles. The van der Waals surface area contributed by atoms with E-state index in [1.165, 1.54) is 24.1 Å². The van der Waals surface area contributed by atoms with E-state index in [-0.39, 0.29) is 11.5 Å². The second-order valence-corrected chi connectivity index (χ2v) is 4.97. The average molecular weight is 294 g/mol. The molecule has 0 spiro atoms. The Morgan fingerprint density at radius 2 is 2.14 bits per heavy atom. The first-order chi connectivity index (χ1) is 9.99. The molecule has 0 fully saturated rings. The van der Waals surface area contributed by atoms with Crippen molar-refractivity contribution in [3.63, 3.8) is 0 Å². The Labute approximate surface area is 124 Å². The van der Waals surface area contributed by atoms with Gasteiger partial charge < -0.3 is 9.47 Å². The lowest BCUT2D eigenvalue weighted by Crippen LogP contribution is -2.33. The van der Waals surface area contributed by atoms with Crippen LogP contribution in [0.25, 0.3) is 6.08 Å². The third-order valence-corrected chi connectivity index (χ3v) is 2.81. The van der Waals surface area contributed by atoms with Crippen LogP contribution in [0.4, 0.5) is 0 Å². The summed E-state index contributed by atoms with van der Waals surface area (Å²) in [4.78, 5) is 23.9. The molecular weight excluding hydrogens is 272 g/mol. The van der Waals surface area contributed by atoms with Gasteiger partial charge in [0.05, 0.1) is 25.7 Å². The zero-order chi connectivity index (χ0) is 15.8. The lowest BCUT2D eigenvalue weighted by atomic mass is 10.0. The summed E-state index contributed by atoms with van der Waals surface area (Å²) in [5.41, 5.74) is 0.209. The number of carbonyl (C=O) groups is 1. The van der Waals surface area contributed by atoms with Gasteiger partial charge in [0.15, 0.2) is 6.04 Å². The Balaban J connectivity index is 3.14. The molecule has 0 amide bonds. The first kappa shape index (κ1) is 16.9. The highest BCUT2D eigenvalue weighted by Crippen LogP contribution is 2.16. The van der Waals surface area contributed by atoms with Gasteiger partial charge in [-0.15, -0.1) is 0 Å². The standard InChI is InChI=1S/C15H22N2O4/c1-5-21-9-8-12-6-7-14(18)17(16-12)13(10-11(2)3)15(19)20-4/h6-9,11,13H,5,10H2,1-4H3/b9-8+/t13-/m0/s1. The minimum absolute atomic E-state index is 0.227. The van der Waals surface area contributed by atoms with Gasteiger partial charge in [-0.25, -0.2) is 9.48 Å². The van der Waals surface area contributed by atoms with Crippen molar-refractivity contribution in [2.75, 3.05) is 13.7 Å². The van der Waals surface area contributed by atoms with Crippen LogP contribution in [0.3, 0.4) is 0 Å². The third-order valence-electron chi connectivity index (χ3n) is 2.81. The molecule has 6 heteroatoms. The molecule has 1 atom stereocenters. The lowest BCUT2D eigenvalue weighted by Gasteiger charge is -2.18. The van der Waals surface area contributed by atoms with Crippen LogP contribution in [0.1, 0.15) is 38.9 Å². The van der Waals surface area contributed by atoms with Crippen LogP contribution in [0.15, 0.2) is 23.2 Å². The van der Waals surface area contributed by atoms with Gasteiger partial charge in [0, 0.05) is 12.1 Å². The van der Waals surface area contributed by atoms with Gasteiger partial charge in [-0.05, 0) is 25.3 Å². The topological polar surface area (TPSA) is 70.4 Å². The summed E-state index contributed by atoms with van der Waals surface area (Å²) in [5.74, 6) is -0.241. The number of rotatable bonds is 7. The molecule has 0 aliphatic heterocycles. The quantitative estimate of drug-likeness (QED) is 0.568. The van der Waals surface area contributed by atoms with Gasteiger partial charge in [-0.2, -0.15) is 5.10 Å². The number of esters is 1. The van der Waals surface area contributed by atoms with E-state index < -0.39 is 12.0 Å². The minimum Gasteiger partial charge on any atom is -0.501 e. The van der Waals surface area contributed by atoms with E-state index in [9.17, 15) is 9.59 Å². The van der Waals surface area contributed by atoms with Crippen LogP contribution in [0.2, 0.25) is 0 Å². The molecule has 6 nitrogen and oxygen atoms in total. The number of carbonyl (C=O) groups excluding carboxylic acids is 1. The van der Waals surface area contributed by atoms with Gasteiger partial charge in [0.1, 0.15) is 0 Å². The van der Waals surface area contributed by atoms with Crippen molar-refractivity contribution in [1.82, 2.24) is 9.78 Å². The highest BCUT2D eigenvalue weighted by Gasteiger charge is 2.24. The molecule has 1 aromatic heterocycles. The van der Waals surface area contributed by atoms with Crippen molar-refractivity contribution in [2.45, 2.75) is 33.2 Å². The summed E-state index contributed by atoms with van der Waals surface area (Å²) in [6, 6.07) is 2.25. The number of hydrogen-bond donors (Lipinski definition) is 0. The maximum Gasteiger partial charge on any atom is 0.330 e. The maximum atomic E-state index is 12.0. The Hall–Kier alpha value is -2.11. The van der Waals surface area contributed by atoms with Gasteiger partial charge in [-0.3, -0.25) is 4.79 Å². The smallest absolute Gasteiger partial charge is 0.330 e. The third kappa shape index (κ3) is 5.06. The van der Waals surface area contributed by atoms with Crippen LogP contribution in [0, 0.1) is 5.92 Å². The van der Waals surface area contributed by atoms with Crippen LogP contribution >= 0.6 is 0 Å². The largest absolute Gasteiger partial charge is 0.501 e. The van der Waals surface area contributed by atoms with Crippen LogP contribution in [0.5, 0.6) is 0 Å². The number of ether oxygens (including phenoxy) is 2. The molecule has 0 aliphatic rings. The van der Waals surface area contributed by atoms with Crippen molar-refractivity contribution in [3.8, 4) is 0 Å². The Morgan fingerprint density at radius 3 is 2.71 bits per heavy atom. The molecule has 0 saturated heterocycles. The average Bonchev–Trinajstić information content (AvgIpc) is 2.46. The van der Waals surface area contributed by atoms with E-state index >= 15 is 0 Å². The van der Waals surface area contributed by atoms with Gasteiger partial charge in [-0.1, -0.05) is 13.8 Å². The van der Waals surface area contributed by atoms with E-state index in [0.29, 0.717) is 18.7 Å². The van der Waals surface area contributed by atoms with E-state index in [0.717, 1.165) is 0 Å². The highest BCUT2D eigenvalue weighted by atomic mass is 16.5. The molecule has 0 N–H and O–H groups in total. The molecule has 116 valence electrons. The Kier molecular flexibility index (Phi) is 6.65. The van der Waals surface area contributed by atoms with Gasteiger partial charge in [0.25, 0.3) is 5.56 Å². The van der Waals surface area contributed by atoms with E-state index in [1.54, 1.807) is 12.1 Å². The van der Waals surface area contributed by atoms with Gasteiger partial charge >= 0.3 is 5.97 Å². The molecule has 0 saturated carbocycles. The lowest BCUT2D eigenvalue weighted by molar-refractivity contribution is -0.145. The van der Waals surface area contributed by atoms with Gasteiger partial charge in [0.2, 0.25) is 0 Å². The molecule has 21 heavy (non-hydrogen) atoms. The molecule has 0 radical (unpaired) electrons. The molecule has 0 aliphatic carbocycles. The molecule has 1 aromatic rings. The van der Waals surface area contributed by atoms with E-state index in [2.05, 4.69) is 5.10 Å². The van der Waals surface area contributed by atoms with Crippen molar-refractivity contribution < 1.29 is 14.3 Å². The van der Waals surface area contributed by atoms with Crippen molar-refractivity contribution in [3.05, 3.63) is 34.4 Å². The predicted octanol–water partition coefficient (Wildman–Crippen LogP) is 2.01. The summed E-state index contributed by atoms with van der Waals surface area (Å²) in [6.45, 7) is 6.36. The second kappa shape index (κ2) is 8.24. The fourth-order valence-electron chi connectivity index (χ4n) is 1.84. The summed E-state index contributed by atoms with van der Waals surface area (Å²) in [6.07, 6.45) is 3.63. The zero-order valence-electron chi connectivity index (χ0n) is 12.9. The molecule has 0 aromatic carbocycles. The fourth-order valence-corrected chi connectivity index (χ4v) is 1.84. The van der Waals surface area contributed by atoms with Crippen molar-refractivity contribution >= 4 is 12.0 Å². The Morgan fingerprint density at radius 1 is 1.43 bits per heavy atom. The van der Waals surface area contributed by atoms with Crippen LogP contribution in [-0.4, -0.2) is 29.5 Å². The molecule has 0 bridgehead atoms.